The summed E-state index contributed by atoms with van der Waals surface area (Å²) in [6, 6.07) is 8.85. The average Bonchev–Trinajstić information content (AvgIpc) is 2.38. The molecule has 1 rings (SSSR count). The molecule has 19 heavy (non-hydrogen) atoms. The fourth-order valence-electron chi connectivity index (χ4n) is 1.35. The lowest BCUT2D eigenvalue weighted by molar-refractivity contribution is -0.140. The first kappa shape index (κ1) is 15.4. The van der Waals surface area contributed by atoms with Crippen molar-refractivity contribution in [2.24, 2.45) is 5.92 Å². The number of carbonyl (C=O) groups is 2. The lowest BCUT2D eigenvalue weighted by Gasteiger charge is -2.13. The van der Waals surface area contributed by atoms with Crippen LogP contribution < -0.4 is 5.32 Å². The van der Waals surface area contributed by atoms with E-state index in [4.69, 9.17) is 5.11 Å². The monoisotopic (exact) mass is 283 g/mol. The highest BCUT2D eigenvalue weighted by atomic mass is 32.2. The molecular formula is C13H17NO4S. The molecule has 104 valence electrons. The number of amides is 1. The van der Waals surface area contributed by atoms with Crippen molar-refractivity contribution in [3.05, 3.63) is 30.3 Å². The molecule has 1 aromatic carbocycles. The van der Waals surface area contributed by atoms with Gasteiger partial charge in [0.25, 0.3) is 0 Å². The third-order valence-corrected chi connectivity index (χ3v) is 4.47. The molecule has 0 bridgehead atoms. The highest BCUT2D eigenvalue weighted by Gasteiger charge is 2.24. The molecule has 0 saturated carbocycles. The first-order valence-corrected chi connectivity index (χ1v) is 7.26. The zero-order valence-corrected chi connectivity index (χ0v) is 11.6. The van der Waals surface area contributed by atoms with Gasteiger partial charge < -0.3 is 10.4 Å². The zero-order valence-electron chi connectivity index (χ0n) is 10.8. The van der Waals surface area contributed by atoms with Crippen LogP contribution in [0.25, 0.3) is 0 Å². The molecule has 0 spiro atoms. The summed E-state index contributed by atoms with van der Waals surface area (Å²) in [6.07, 6.45) is 0. The second kappa shape index (κ2) is 7.04. The molecule has 0 aromatic heterocycles. The van der Waals surface area contributed by atoms with Gasteiger partial charge in [-0.3, -0.25) is 13.8 Å². The smallest absolute Gasteiger partial charge is 0.307 e. The summed E-state index contributed by atoms with van der Waals surface area (Å²) in [5.41, 5.74) is 0.627. The minimum Gasteiger partial charge on any atom is -0.481 e. The summed E-state index contributed by atoms with van der Waals surface area (Å²) in [5, 5.41) is 10.6. The summed E-state index contributed by atoms with van der Waals surface area (Å²) in [5.74, 6) is -2.14. The summed E-state index contributed by atoms with van der Waals surface area (Å²) in [6.45, 7) is 3.00. The van der Waals surface area contributed by atoms with Gasteiger partial charge in [0.15, 0.2) is 0 Å². The molecule has 1 amide bonds. The number of anilines is 1. The Morgan fingerprint density at radius 2 is 1.84 bits per heavy atom. The van der Waals surface area contributed by atoms with E-state index in [0.717, 1.165) is 0 Å². The highest BCUT2D eigenvalue weighted by Crippen LogP contribution is 2.09. The lowest BCUT2D eigenvalue weighted by atomic mass is 10.2. The fraction of sp³-hybridized carbons (Fsp3) is 0.385. The normalized spacial score (nSPS) is 15.3. The average molecular weight is 283 g/mol. The summed E-state index contributed by atoms with van der Waals surface area (Å²) in [4.78, 5) is 22.5. The van der Waals surface area contributed by atoms with Crippen LogP contribution in [0.4, 0.5) is 5.69 Å². The maximum atomic E-state index is 11.9. The Bertz CT molecular complexity index is 475. The molecule has 1 aromatic rings. The number of carbonyl (C=O) groups excluding carboxylic acids is 1. The number of carboxylic acid groups (broad SMARTS) is 1. The summed E-state index contributed by atoms with van der Waals surface area (Å²) >= 11 is 0. The van der Waals surface area contributed by atoms with Crippen molar-refractivity contribution in [1.82, 2.24) is 0 Å². The van der Waals surface area contributed by atoms with Crippen LogP contribution in [0.3, 0.4) is 0 Å². The molecule has 0 aliphatic rings. The van der Waals surface area contributed by atoms with E-state index >= 15 is 0 Å². The number of hydrogen-bond donors (Lipinski definition) is 2. The van der Waals surface area contributed by atoms with Gasteiger partial charge in [-0.05, 0) is 19.1 Å². The number of para-hydroxylation sites is 1. The van der Waals surface area contributed by atoms with Crippen molar-refractivity contribution in [2.75, 3.05) is 11.1 Å². The second-order valence-corrected chi connectivity index (χ2v) is 6.09. The van der Waals surface area contributed by atoms with Crippen LogP contribution in [0.15, 0.2) is 30.3 Å². The Morgan fingerprint density at radius 1 is 1.26 bits per heavy atom. The van der Waals surface area contributed by atoms with Crippen molar-refractivity contribution in [1.29, 1.82) is 0 Å². The van der Waals surface area contributed by atoms with Gasteiger partial charge in [0.2, 0.25) is 5.91 Å². The third kappa shape index (κ3) is 4.82. The topological polar surface area (TPSA) is 83.5 Å². The molecule has 0 aliphatic carbocycles. The van der Waals surface area contributed by atoms with Gasteiger partial charge in [-0.1, -0.05) is 25.1 Å². The second-order valence-electron chi connectivity index (χ2n) is 4.28. The van der Waals surface area contributed by atoms with Crippen molar-refractivity contribution < 1.29 is 18.9 Å². The van der Waals surface area contributed by atoms with Crippen LogP contribution in [-0.2, 0) is 20.4 Å². The van der Waals surface area contributed by atoms with Crippen LogP contribution in [0.2, 0.25) is 0 Å². The molecular weight excluding hydrogens is 266 g/mol. The standard InChI is InChI=1S/C13H17NO4S/c1-9(13(16)17)8-19(18)10(2)12(15)14-11-6-4-3-5-7-11/h3-7,9-10H,8H2,1-2H3,(H,14,15)(H,16,17). The predicted octanol–water partition coefficient (Wildman–Crippen LogP) is 1.48. The zero-order chi connectivity index (χ0) is 14.4. The van der Waals surface area contributed by atoms with Gasteiger partial charge in [-0.2, -0.15) is 0 Å². The molecule has 3 atom stereocenters. The molecule has 0 radical (unpaired) electrons. The lowest BCUT2D eigenvalue weighted by Crippen LogP contribution is -2.32. The Kier molecular flexibility index (Phi) is 5.69. The van der Waals surface area contributed by atoms with Crippen molar-refractivity contribution in [3.8, 4) is 0 Å². The fourth-order valence-corrected chi connectivity index (χ4v) is 2.57. The number of carboxylic acids is 1. The van der Waals surface area contributed by atoms with E-state index < -0.39 is 27.9 Å². The summed E-state index contributed by atoms with van der Waals surface area (Å²) in [7, 11) is -1.51. The largest absolute Gasteiger partial charge is 0.481 e. The van der Waals surface area contributed by atoms with E-state index in [1.165, 1.54) is 13.8 Å². The Balaban J connectivity index is 2.57. The van der Waals surface area contributed by atoms with Gasteiger partial charge >= 0.3 is 5.97 Å². The first-order valence-electron chi connectivity index (χ1n) is 5.87. The van der Waals surface area contributed by atoms with Gasteiger partial charge in [0, 0.05) is 22.2 Å². The molecule has 6 heteroatoms. The van der Waals surface area contributed by atoms with E-state index in [2.05, 4.69) is 5.32 Å². The van der Waals surface area contributed by atoms with Crippen LogP contribution in [0.5, 0.6) is 0 Å². The minimum atomic E-state index is -1.51. The first-order chi connectivity index (χ1) is 8.91. The van der Waals surface area contributed by atoms with Gasteiger partial charge in [-0.25, -0.2) is 0 Å². The molecule has 0 saturated heterocycles. The molecule has 0 aliphatic heterocycles. The van der Waals surface area contributed by atoms with E-state index in [9.17, 15) is 13.8 Å². The van der Waals surface area contributed by atoms with Gasteiger partial charge in [0.1, 0.15) is 5.25 Å². The number of hydrogen-bond acceptors (Lipinski definition) is 3. The van der Waals surface area contributed by atoms with Gasteiger partial charge in [-0.15, -0.1) is 0 Å². The Hall–Kier alpha value is -1.69. The van der Waals surface area contributed by atoms with E-state index in [1.54, 1.807) is 24.3 Å². The molecule has 0 fully saturated rings. The Morgan fingerprint density at radius 3 is 2.37 bits per heavy atom. The predicted molar refractivity (Wildman–Crippen MR) is 74.3 cm³/mol. The number of benzene rings is 1. The van der Waals surface area contributed by atoms with E-state index in [0.29, 0.717) is 5.69 Å². The maximum Gasteiger partial charge on any atom is 0.307 e. The Labute approximate surface area is 114 Å². The van der Waals surface area contributed by atoms with Crippen LogP contribution in [0, 0.1) is 5.92 Å². The SMILES string of the molecule is CC(CS(=O)C(C)C(=O)Nc1ccccc1)C(=O)O. The third-order valence-electron chi connectivity index (χ3n) is 2.64. The molecule has 5 nitrogen and oxygen atoms in total. The number of aliphatic carboxylic acids is 1. The van der Waals surface area contributed by atoms with Crippen LogP contribution >= 0.6 is 0 Å². The van der Waals surface area contributed by atoms with Crippen LogP contribution in [-0.4, -0.2) is 32.2 Å². The minimum absolute atomic E-state index is 0.0291. The van der Waals surface area contributed by atoms with Gasteiger partial charge in [0.05, 0.1) is 5.92 Å². The highest BCUT2D eigenvalue weighted by molar-refractivity contribution is 7.86. The van der Waals surface area contributed by atoms with Crippen molar-refractivity contribution >= 4 is 28.4 Å². The quantitative estimate of drug-likeness (QED) is 0.828. The van der Waals surface area contributed by atoms with E-state index in [1.807, 2.05) is 6.07 Å². The molecule has 3 unspecified atom stereocenters. The van der Waals surface area contributed by atoms with E-state index in [-0.39, 0.29) is 11.7 Å². The maximum absolute atomic E-state index is 11.9. The van der Waals surface area contributed by atoms with Crippen molar-refractivity contribution in [3.63, 3.8) is 0 Å². The van der Waals surface area contributed by atoms with Crippen molar-refractivity contribution in [2.45, 2.75) is 19.1 Å². The number of rotatable bonds is 6. The summed E-state index contributed by atoms with van der Waals surface area (Å²) < 4.78 is 11.9. The molecule has 2 N–H and O–H groups in total. The van der Waals surface area contributed by atoms with Crippen LogP contribution in [0.1, 0.15) is 13.8 Å². The number of nitrogens with one attached hydrogen (secondary N) is 1. The molecule has 0 heterocycles.